The van der Waals surface area contributed by atoms with Gasteiger partial charge in [-0.05, 0) is 36.2 Å². The number of aromatic nitrogens is 4. The predicted molar refractivity (Wildman–Crippen MR) is 95.5 cm³/mol. The Morgan fingerprint density at radius 3 is 2.46 bits per heavy atom. The maximum atomic E-state index is 4.63. The molecule has 3 aromatic rings. The Bertz CT molecular complexity index is 763. The zero-order valence-corrected chi connectivity index (χ0v) is 13.9. The number of para-hydroxylation sites is 1. The largest absolute Gasteiger partial charge is 0.342 e. The van der Waals surface area contributed by atoms with Gasteiger partial charge in [-0.3, -0.25) is 4.98 Å². The lowest BCUT2D eigenvalue weighted by Gasteiger charge is -2.21. The maximum absolute atomic E-state index is 4.63. The lowest BCUT2D eigenvalue weighted by atomic mass is 10.2. The number of hydrogen-bond acceptors (Lipinski definition) is 6. The van der Waals surface area contributed by atoms with Crippen molar-refractivity contribution in [3.05, 3.63) is 66.6 Å². The Morgan fingerprint density at radius 2 is 1.71 bits per heavy atom. The minimum atomic E-state index is 0.615. The van der Waals surface area contributed by atoms with E-state index in [1.165, 1.54) is 5.56 Å². The van der Waals surface area contributed by atoms with Gasteiger partial charge in [-0.15, -0.1) is 5.10 Å². The zero-order chi connectivity index (χ0) is 16.8. The number of nitrogens with zero attached hydrogens (tertiary/aromatic N) is 6. The van der Waals surface area contributed by atoms with E-state index in [9.17, 15) is 0 Å². The van der Waals surface area contributed by atoms with Crippen molar-refractivity contribution in [1.82, 2.24) is 20.2 Å². The lowest BCUT2D eigenvalue weighted by molar-refractivity contribution is 0.807. The van der Waals surface area contributed by atoms with E-state index in [1.807, 2.05) is 78.8 Å². The molecule has 0 amide bonds. The third-order valence-electron chi connectivity index (χ3n) is 3.85. The Balaban J connectivity index is 1.70. The number of likely N-dealkylation sites (N-methyl/N-ethyl adjacent to an activating group) is 1. The molecule has 6 heteroatoms. The van der Waals surface area contributed by atoms with Crippen LogP contribution in [0.4, 0.5) is 17.5 Å². The smallest absolute Gasteiger partial charge is 0.247 e. The average Bonchev–Trinajstić information content (AvgIpc) is 2.67. The van der Waals surface area contributed by atoms with Gasteiger partial charge in [-0.2, -0.15) is 10.1 Å². The quantitative estimate of drug-likeness (QED) is 0.696. The molecule has 6 nitrogen and oxygen atoms in total. The van der Waals surface area contributed by atoms with Crippen LogP contribution in [0.3, 0.4) is 0 Å². The van der Waals surface area contributed by atoms with Gasteiger partial charge in [-0.25, -0.2) is 0 Å². The summed E-state index contributed by atoms with van der Waals surface area (Å²) in [6.07, 6.45) is 6.19. The van der Waals surface area contributed by atoms with Crippen LogP contribution in [0.5, 0.6) is 0 Å². The van der Waals surface area contributed by atoms with Gasteiger partial charge in [0.25, 0.3) is 0 Å². The summed E-state index contributed by atoms with van der Waals surface area (Å²) in [6, 6.07) is 14.1. The summed E-state index contributed by atoms with van der Waals surface area (Å²) in [5.41, 5.74) is 2.30. The first-order valence-corrected chi connectivity index (χ1v) is 7.82. The Hall–Kier alpha value is -3.02. The van der Waals surface area contributed by atoms with Crippen LogP contribution in [0.25, 0.3) is 0 Å². The van der Waals surface area contributed by atoms with Crippen molar-refractivity contribution in [2.24, 2.45) is 0 Å². The number of benzene rings is 1. The van der Waals surface area contributed by atoms with E-state index < -0.39 is 0 Å². The van der Waals surface area contributed by atoms with Crippen molar-refractivity contribution in [1.29, 1.82) is 0 Å². The third kappa shape index (κ3) is 3.84. The number of hydrogen-bond donors (Lipinski definition) is 0. The highest BCUT2D eigenvalue weighted by molar-refractivity contribution is 5.58. The molecule has 122 valence electrons. The molecule has 0 radical (unpaired) electrons. The van der Waals surface area contributed by atoms with Crippen LogP contribution in [-0.2, 0) is 6.42 Å². The monoisotopic (exact) mass is 320 g/mol. The molecule has 0 bridgehead atoms. The number of rotatable bonds is 6. The van der Waals surface area contributed by atoms with E-state index in [4.69, 9.17) is 0 Å². The molecule has 2 aromatic heterocycles. The first-order chi connectivity index (χ1) is 11.7. The molecule has 0 fully saturated rings. The predicted octanol–water partition coefficient (Wildman–Crippen LogP) is 2.71. The number of anilines is 3. The molecule has 0 N–H and O–H groups in total. The molecule has 0 aliphatic carbocycles. The van der Waals surface area contributed by atoms with E-state index in [0.29, 0.717) is 5.95 Å². The van der Waals surface area contributed by atoms with Crippen LogP contribution in [0.15, 0.2) is 61.1 Å². The molecule has 24 heavy (non-hydrogen) atoms. The molecule has 0 spiro atoms. The summed E-state index contributed by atoms with van der Waals surface area (Å²) in [6.45, 7) is 0.810. The van der Waals surface area contributed by atoms with E-state index in [2.05, 4.69) is 20.2 Å². The van der Waals surface area contributed by atoms with E-state index in [1.54, 1.807) is 6.20 Å². The van der Waals surface area contributed by atoms with Crippen LogP contribution >= 0.6 is 0 Å². The van der Waals surface area contributed by atoms with Crippen LogP contribution in [0.2, 0.25) is 0 Å². The third-order valence-corrected chi connectivity index (χ3v) is 3.85. The van der Waals surface area contributed by atoms with Crippen LogP contribution < -0.4 is 9.80 Å². The fraction of sp³-hybridized carbons (Fsp3) is 0.222. The van der Waals surface area contributed by atoms with Gasteiger partial charge in [0.15, 0.2) is 5.82 Å². The summed E-state index contributed by atoms with van der Waals surface area (Å²) in [5.74, 6) is 1.38. The Kier molecular flexibility index (Phi) is 4.96. The van der Waals surface area contributed by atoms with Gasteiger partial charge in [0, 0.05) is 38.7 Å². The van der Waals surface area contributed by atoms with Crippen molar-refractivity contribution in [3.8, 4) is 0 Å². The fourth-order valence-electron chi connectivity index (χ4n) is 2.34. The van der Waals surface area contributed by atoms with Gasteiger partial charge in [-0.1, -0.05) is 18.2 Å². The van der Waals surface area contributed by atoms with Crippen molar-refractivity contribution >= 4 is 17.5 Å². The summed E-state index contributed by atoms with van der Waals surface area (Å²) in [4.78, 5) is 12.7. The normalized spacial score (nSPS) is 10.4. The van der Waals surface area contributed by atoms with Gasteiger partial charge in [0.1, 0.15) is 0 Å². The first-order valence-electron chi connectivity index (χ1n) is 7.82. The molecule has 0 atom stereocenters. The van der Waals surface area contributed by atoms with Crippen LogP contribution in [-0.4, -0.2) is 40.8 Å². The topological polar surface area (TPSA) is 58.0 Å². The molecular formula is C18H20N6. The summed E-state index contributed by atoms with van der Waals surface area (Å²) in [7, 11) is 3.95. The van der Waals surface area contributed by atoms with Crippen molar-refractivity contribution in [2.75, 3.05) is 30.4 Å². The first kappa shape index (κ1) is 15.9. The van der Waals surface area contributed by atoms with Gasteiger partial charge in [0.2, 0.25) is 5.95 Å². The van der Waals surface area contributed by atoms with Gasteiger partial charge >= 0.3 is 0 Å². The maximum Gasteiger partial charge on any atom is 0.247 e. The van der Waals surface area contributed by atoms with Crippen molar-refractivity contribution < 1.29 is 0 Å². The summed E-state index contributed by atoms with van der Waals surface area (Å²) in [5, 5.41) is 8.25. The summed E-state index contributed by atoms with van der Waals surface area (Å²) >= 11 is 0. The van der Waals surface area contributed by atoms with E-state index >= 15 is 0 Å². The Morgan fingerprint density at radius 1 is 0.958 bits per heavy atom. The second-order valence-corrected chi connectivity index (χ2v) is 5.54. The van der Waals surface area contributed by atoms with Gasteiger partial charge < -0.3 is 9.80 Å². The molecule has 0 saturated heterocycles. The molecule has 1 aromatic carbocycles. The van der Waals surface area contributed by atoms with E-state index in [-0.39, 0.29) is 0 Å². The van der Waals surface area contributed by atoms with Crippen molar-refractivity contribution in [2.45, 2.75) is 6.42 Å². The highest BCUT2D eigenvalue weighted by atomic mass is 15.3. The second-order valence-electron chi connectivity index (χ2n) is 5.54. The second kappa shape index (κ2) is 7.50. The fourth-order valence-corrected chi connectivity index (χ4v) is 2.34. The van der Waals surface area contributed by atoms with E-state index in [0.717, 1.165) is 24.5 Å². The SMILES string of the molecule is CN(CCc1ccncc1)c1nncc(N(C)c2ccccc2)n1. The molecule has 0 unspecified atom stereocenters. The zero-order valence-electron chi connectivity index (χ0n) is 13.9. The molecule has 0 saturated carbocycles. The molecule has 2 heterocycles. The Labute approximate surface area is 141 Å². The molecule has 0 aliphatic rings. The average molecular weight is 320 g/mol. The molecule has 0 aliphatic heterocycles. The van der Waals surface area contributed by atoms with Gasteiger partial charge in [0.05, 0.1) is 6.20 Å². The lowest BCUT2D eigenvalue weighted by Crippen LogP contribution is -2.24. The number of pyridine rings is 1. The van der Waals surface area contributed by atoms with Crippen LogP contribution in [0, 0.1) is 0 Å². The summed E-state index contributed by atoms with van der Waals surface area (Å²) < 4.78 is 0. The molecular weight excluding hydrogens is 300 g/mol. The van der Waals surface area contributed by atoms with Crippen LogP contribution in [0.1, 0.15) is 5.56 Å². The van der Waals surface area contributed by atoms with Crippen molar-refractivity contribution in [3.63, 3.8) is 0 Å². The molecule has 3 rings (SSSR count). The highest BCUT2D eigenvalue weighted by Crippen LogP contribution is 2.21. The standard InChI is InChI=1S/C18H20N6/c1-23(13-10-15-8-11-19-12-9-15)18-21-17(14-20-22-18)24(2)16-6-4-3-5-7-16/h3-9,11-12,14H,10,13H2,1-2H3. The minimum Gasteiger partial charge on any atom is -0.342 e. The highest BCUT2D eigenvalue weighted by Gasteiger charge is 2.10. The minimum absolute atomic E-state index is 0.615.